The second-order valence-corrected chi connectivity index (χ2v) is 5.69. The van der Waals surface area contributed by atoms with Gasteiger partial charge in [0.1, 0.15) is 5.82 Å². The Morgan fingerprint density at radius 3 is 2.76 bits per heavy atom. The molecule has 0 aliphatic heterocycles. The van der Waals surface area contributed by atoms with E-state index < -0.39 is 0 Å². The summed E-state index contributed by atoms with van der Waals surface area (Å²) in [5, 5.41) is 13.0. The molecule has 1 aromatic rings. The van der Waals surface area contributed by atoms with Crippen molar-refractivity contribution in [1.29, 1.82) is 0 Å². The van der Waals surface area contributed by atoms with E-state index in [1.165, 1.54) is 0 Å². The largest absolute Gasteiger partial charge is 0.393 e. The first-order chi connectivity index (χ1) is 8.16. The van der Waals surface area contributed by atoms with Crippen LogP contribution in [0.25, 0.3) is 0 Å². The third-order valence-electron chi connectivity index (χ3n) is 3.57. The van der Waals surface area contributed by atoms with Crippen LogP contribution in [0.2, 0.25) is 0 Å². The minimum atomic E-state index is -0.0833. The molecular weight excluding hydrogens is 280 g/mol. The van der Waals surface area contributed by atoms with Crippen LogP contribution in [0.1, 0.15) is 32.6 Å². The third-order valence-corrected chi connectivity index (χ3v) is 4.21. The van der Waals surface area contributed by atoms with Gasteiger partial charge in [0.2, 0.25) is 0 Å². The highest BCUT2D eigenvalue weighted by Gasteiger charge is 2.24. The molecule has 0 spiro atoms. The van der Waals surface area contributed by atoms with Gasteiger partial charge in [0, 0.05) is 12.2 Å². The Kier molecular flexibility index (Phi) is 4.40. The van der Waals surface area contributed by atoms with Crippen LogP contribution in [0.4, 0.5) is 5.82 Å². The van der Waals surface area contributed by atoms with Crippen molar-refractivity contribution in [3.63, 3.8) is 0 Å². The molecule has 0 saturated heterocycles. The van der Waals surface area contributed by atoms with Crippen molar-refractivity contribution in [3.8, 4) is 0 Å². The summed E-state index contributed by atoms with van der Waals surface area (Å²) in [6.45, 7) is 2.20. The second kappa shape index (κ2) is 5.83. The summed E-state index contributed by atoms with van der Waals surface area (Å²) in [6.07, 6.45) is 5.77. The van der Waals surface area contributed by atoms with Gasteiger partial charge in [0.05, 0.1) is 10.6 Å². The summed E-state index contributed by atoms with van der Waals surface area (Å²) in [5.41, 5.74) is 0. The van der Waals surface area contributed by atoms with Gasteiger partial charge in [-0.3, -0.25) is 0 Å². The molecule has 0 radical (unpaired) electrons. The van der Waals surface area contributed by atoms with E-state index in [0.717, 1.165) is 36.0 Å². The number of halogens is 1. The van der Waals surface area contributed by atoms with E-state index in [1.54, 1.807) is 6.20 Å². The van der Waals surface area contributed by atoms with Gasteiger partial charge in [0.15, 0.2) is 0 Å². The number of anilines is 1. The molecule has 1 aliphatic rings. The molecule has 1 aromatic heterocycles. The molecule has 1 fully saturated rings. The molecule has 1 saturated carbocycles. The molecule has 1 unspecified atom stereocenters. The van der Waals surface area contributed by atoms with E-state index >= 15 is 0 Å². The van der Waals surface area contributed by atoms with Crippen LogP contribution in [-0.2, 0) is 0 Å². The maximum atomic E-state index is 9.50. The SMILES string of the molecule is CC(Nc1ncccc1Br)C1CCC(O)CC1. The Bertz CT molecular complexity index is 364. The number of nitrogens with zero attached hydrogens (tertiary/aromatic N) is 1. The van der Waals surface area contributed by atoms with Gasteiger partial charge in [-0.2, -0.15) is 0 Å². The molecule has 1 aliphatic carbocycles. The Morgan fingerprint density at radius 1 is 1.41 bits per heavy atom. The van der Waals surface area contributed by atoms with E-state index in [9.17, 15) is 5.11 Å². The fourth-order valence-corrected chi connectivity index (χ4v) is 2.80. The van der Waals surface area contributed by atoms with Gasteiger partial charge in [-0.05, 0) is 66.6 Å². The topological polar surface area (TPSA) is 45.2 Å². The number of aliphatic hydroxyl groups is 1. The number of aliphatic hydroxyl groups excluding tert-OH is 1. The highest BCUT2D eigenvalue weighted by molar-refractivity contribution is 9.10. The van der Waals surface area contributed by atoms with Crippen molar-refractivity contribution in [2.75, 3.05) is 5.32 Å². The molecule has 3 nitrogen and oxygen atoms in total. The maximum absolute atomic E-state index is 9.50. The Labute approximate surface area is 111 Å². The molecule has 2 rings (SSSR count). The molecular formula is C13H19BrN2O. The minimum absolute atomic E-state index is 0.0833. The molecule has 0 aromatic carbocycles. The van der Waals surface area contributed by atoms with Crippen LogP contribution in [0.5, 0.6) is 0 Å². The highest BCUT2D eigenvalue weighted by atomic mass is 79.9. The van der Waals surface area contributed by atoms with E-state index in [-0.39, 0.29) is 6.10 Å². The Balaban J connectivity index is 1.93. The Hall–Kier alpha value is -0.610. The number of aromatic nitrogens is 1. The van der Waals surface area contributed by atoms with Gasteiger partial charge in [-0.25, -0.2) is 4.98 Å². The average Bonchev–Trinajstić information content (AvgIpc) is 2.33. The van der Waals surface area contributed by atoms with E-state index in [2.05, 4.69) is 33.2 Å². The van der Waals surface area contributed by atoms with Crippen molar-refractivity contribution in [1.82, 2.24) is 4.98 Å². The highest BCUT2D eigenvalue weighted by Crippen LogP contribution is 2.29. The summed E-state index contributed by atoms with van der Waals surface area (Å²) >= 11 is 3.49. The lowest BCUT2D eigenvalue weighted by molar-refractivity contribution is 0.105. The number of hydrogen-bond acceptors (Lipinski definition) is 3. The summed E-state index contributed by atoms with van der Waals surface area (Å²) in [5.74, 6) is 1.54. The average molecular weight is 299 g/mol. The smallest absolute Gasteiger partial charge is 0.140 e. The quantitative estimate of drug-likeness (QED) is 0.901. The van der Waals surface area contributed by atoms with Crippen molar-refractivity contribution in [2.24, 2.45) is 5.92 Å². The lowest BCUT2D eigenvalue weighted by atomic mass is 9.83. The fraction of sp³-hybridized carbons (Fsp3) is 0.615. The summed E-state index contributed by atoms with van der Waals surface area (Å²) in [6, 6.07) is 4.30. The first-order valence-electron chi connectivity index (χ1n) is 6.22. The molecule has 0 amide bonds. The van der Waals surface area contributed by atoms with Crippen LogP contribution in [-0.4, -0.2) is 22.2 Å². The third kappa shape index (κ3) is 3.42. The second-order valence-electron chi connectivity index (χ2n) is 4.84. The molecule has 0 bridgehead atoms. The molecule has 17 heavy (non-hydrogen) atoms. The number of rotatable bonds is 3. The molecule has 1 atom stereocenters. The van der Waals surface area contributed by atoms with Gasteiger partial charge in [-0.15, -0.1) is 0 Å². The predicted molar refractivity (Wildman–Crippen MR) is 73.0 cm³/mol. The standard InChI is InChI=1S/C13H19BrN2O/c1-9(10-4-6-11(17)7-5-10)16-13-12(14)3-2-8-15-13/h2-3,8-11,17H,4-7H2,1H3,(H,15,16). The predicted octanol–water partition coefficient (Wildman–Crippen LogP) is 3.20. The van der Waals surface area contributed by atoms with Gasteiger partial charge < -0.3 is 10.4 Å². The zero-order valence-electron chi connectivity index (χ0n) is 10.1. The molecule has 94 valence electrons. The molecule has 4 heteroatoms. The summed E-state index contributed by atoms with van der Waals surface area (Å²) < 4.78 is 1.00. The lowest BCUT2D eigenvalue weighted by Crippen LogP contribution is -2.31. The normalized spacial score (nSPS) is 26.5. The molecule has 2 N–H and O–H groups in total. The fourth-order valence-electron chi connectivity index (χ4n) is 2.43. The minimum Gasteiger partial charge on any atom is -0.393 e. The maximum Gasteiger partial charge on any atom is 0.140 e. The van der Waals surface area contributed by atoms with Gasteiger partial charge >= 0.3 is 0 Å². The van der Waals surface area contributed by atoms with E-state index in [4.69, 9.17) is 0 Å². The first kappa shape index (κ1) is 12.8. The zero-order valence-corrected chi connectivity index (χ0v) is 11.7. The van der Waals surface area contributed by atoms with Gasteiger partial charge in [0.25, 0.3) is 0 Å². The van der Waals surface area contributed by atoms with Crippen LogP contribution >= 0.6 is 15.9 Å². The van der Waals surface area contributed by atoms with Crippen molar-refractivity contribution in [3.05, 3.63) is 22.8 Å². The van der Waals surface area contributed by atoms with Crippen molar-refractivity contribution < 1.29 is 5.11 Å². The Morgan fingerprint density at radius 2 is 2.12 bits per heavy atom. The number of pyridine rings is 1. The van der Waals surface area contributed by atoms with Crippen LogP contribution in [0.3, 0.4) is 0 Å². The van der Waals surface area contributed by atoms with Crippen molar-refractivity contribution >= 4 is 21.7 Å². The number of hydrogen-bond donors (Lipinski definition) is 2. The monoisotopic (exact) mass is 298 g/mol. The number of nitrogens with one attached hydrogen (secondary N) is 1. The molecule has 1 heterocycles. The van der Waals surface area contributed by atoms with Gasteiger partial charge in [-0.1, -0.05) is 0 Å². The lowest BCUT2D eigenvalue weighted by Gasteiger charge is -2.31. The zero-order chi connectivity index (χ0) is 12.3. The van der Waals surface area contributed by atoms with Crippen molar-refractivity contribution in [2.45, 2.75) is 44.8 Å². The van der Waals surface area contributed by atoms with Crippen LogP contribution < -0.4 is 5.32 Å². The van der Waals surface area contributed by atoms with Crippen LogP contribution in [0.15, 0.2) is 22.8 Å². The van der Waals surface area contributed by atoms with E-state index in [0.29, 0.717) is 12.0 Å². The van der Waals surface area contributed by atoms with E-state index in [1.807, 2.05) is 12.1 Å². The first-order valence-corrected chi connectivity index (χ1v) is 7.01. The van der Waals surface area contributed by atoms with Crippen LogP contribution in [0, 0.1) is 5.92 Å². The summed E-state index contributed by atoms with van der Waals surface area (Å²) in [4.78, 5) is 4.32. The summed E-state index contributed by atoms with van der Waals surface area (Å²) in [7, 11) is 0.